The zero-order chi connectivity index (χ0) is 14.2. The molecule has 1 aromatic carbocycles. The predicted molar refractivity (Wildman–Crippen MR) is 81.8 cm³/mol. The van der Waals surface area contributed by atoms with Crippen LogP contribution in [0.3, 0.4) is 0 Å². The first kappa shape index (κ1) is 15.1. The van der Waals surface area contributed by atoms with Gasteiger partial charge in [-0.25, -0.2) is 4.98 Å². The van der Waals surface area contributed by atoms with E-state index in [9.17, 15) is 0 Å². The molecule has 0 saturated carbocycles. The number of benzene rings is 1. The molecule has 2 aromatic rings. The fourth-order valence-electron chi connectivity index (χ4n) is 1.85. The van der Waals surface area contributed by atoms with Crippen molar-refractivity contribution < 1.29 is 9.47 Å². The molecule has 0 saturated heterocycles. The lowest BCUT2D eigenvalue weighted by molar-refractivity contribution is 0.181. The van der Waals surface area contributed by atoms with E-state index in [0.717, 1.165) is 29.4 Å². The lowest BCUT2D eigenvalue weighted by Gasteiger charge is -2.03. The van der Waals surface area contributed by atoms with Gasteiger partial charge in [-0.05, 0) is 0 Å². The minimum absolute atomic E-state index is 0.546. The van der Waals surface area contributed by atoms with Crippen molar-refractivity contribution in [1.82, 2.24) is 10.3 Å². The molecule has 0 spiro atoms. The molecule has 0 bridgehead atoms. The Hall–Kier alpha value is -1.27. The fraction of sp³-hybridized carbons (Fsp3) is 0.400. The molecule has 108 valence electrons. The molecule has 0 aliphatic heterocycles. The third-order valence-electron chi connectivity index (χ3n) is 2.85. The summed E-state index contributed by atoms with van der Waals surface area (Å²) in [7, 11) is 3.40. The monoisotopic (exact) mass is 292 g/mol. The van der Waals surface area contributed by atoms with E-state index in [1.54, 1.807) is 25.6 Å². The summed E-state index contributed by atoms with van der Waals surface area (Å²) in [5.74, 6) is 0. The summed E-state index contributed by atoms with van der Waals surface area (Å²) in [5.41, 5.74) is 2.17. The van der Waals surface area contributed by atoms with Crippen molar-refractivity contribution in [1.29, 1.82) is 0 Å². The molecule has 1 aromatic heterocycles. The molecule has 5 heteroatoms. The molecule has 1 heterocycles. The third kappa shape index (κ3) is 4.11. The van der Waals surface area contributed by atoms with Crippen molar-refractivity contribution in [2.45, 2.75) is 13.2 Å². The van der Waals surface area contributed by atoms with Crippen LogP contribution < -0.4 is 5.32 Å². The van der Waals surface area contributed by atoms with Crippen molar-refractivity contribution in [3.8, 4) is 10.6 Å². The van der Waals surface area contributed by atoms with E-state index in [-0.39, 0.29) is 0 Å². The fourth-order valence-corrected chi connectivity index (χ4v) is 2.89. The number of hydrogen-bond acceptors (Lipinski definition) is 5. The summed E-state index contributed by atoms with van der Waals surface area (Å²) in [5, 5.41) is 4.40. The normalized spacial score (nSPS) is 10.9. The Morgan fingerprint density at radius 2 is 1.95 bits per heavy atom. The summed E-state index contributed by atoms with van der Waals surface area (Å²) >= 11 is 1.72. The number of nitrogens with one attached hydrogen (secondary N) is 1. The minimum atomic E-state index is 0.546. The predicted octanol–water partition coefficient (Wildman–Crippen LogP) is 2.69. The molecule has 0 atom stereocenters. The van der Waals surface area contributed by atoms with Gasteiger partial charge in [-0.3, -0.25) is 0 Å². The van der Waals surface area contributed by atoms with E-state index < -0.39 is 0 Å². The van der Waals surface area contributed by atoms with Gasteiger partial charge in [-0.15, -0.1) is 11.3 Å². The van der Waals surface area contributed by atoms with Crippen molar-refractivity contribution in [2.24, 2.45) is 0 Å². The number of methoxy groups -OCH3 is 2. The van der Waals surface area contributed by atoms with Crippen LogP contribution in [0.4, 0.5) is 0 Å². The molecule has 2 rings (SSSR count). The molecule has 4 nitrogen and oxygen atoms in total. The molecule has 0 amide bonds. The van der Waals surface area contributed by atoms with E-state index in [0.29, 0.717) is 13.2 Å². The lowest BCUT2D eigenvalue weighted by atomic mass is 10.2. The molecule has 0 unspecified atom stereocenters. The smallest absolute Gasteiger partial charge is 0.124 e. The number of thiazole rings is 1. The van der Waals surface area contributed by atoms with Gasteiger partial charge in [0.15, 0.2) is 0 Å². The van der Waals surface area contributed by atoms with E-state index in [1.165, 1.54) is 4.88 Å². The highest BCUT2D eigenvalue weighted by atomic mass is 32.1. The minimum Gasteiger partial charge on any atom is -0.383 e. The maximum atomic E-state index is 5.24. The van der Waals surface area contributed by atoms with E-state index in [4.69, 9.17) is 14.5 Å². The van der Waals surface area contributed by atoms with Crippen LogP contribution in [0.2, 0.25) is 0 Å². The van der Waals surface area contributed by atoms with E-state index >= 15 is 0 Å². The summed E-state index contributed by atoms with van der Waals surface area (Å²) < 4.78 is 10.3. The first-order valence-corrected chi connectivity index (χ1v) is 7.39. The van der Waals surface area contributed by atoms with Gasteiger partial charge in [-0.1, -0.05) is 30.3 Å². The Morgan fingerprint density at radius 3 is 2.65 bits per heavy atom. The largest absolute Gasteiger partial charge is 0.383 e. The molecule has 0 radical (unpaired) electrons. The third-order valence-corrected chi connectivity index (χ3v) is 4.00. The Kier molecular flexibility index (Phi) is 6.14. The average Bonchev–Trinajstić information content (AvgIpc) is 2.88. The van der Waals surface area contributed by atoms with E-state index in [2.05, 4.69) is 17.4 Å². The van der Waals surface area contributed by atoms with Gasteiger partial charge in [0.2, 0.25) is 0 Å². The molecule has 0 fully saturated rings. The maximum absolute atomic E-state index is 5.24. The van der Waals surface area contributed by atoms with Gasteiger partial charge in [0.05, 0.1) is 18.9 Å². The zero-order valence-corrected chi connectivity index (χ0v) is 12.7. The molecule has 20 heavy (non-hydrogen) atoms. The Bertz CT molecular complexity index is 514. The standard InChI is InChI=1S/C15H20N2O2S/c1-18-9-8-16-10-14-13(11-19-2)17-15(20-14)12-6-4-3-5-7-12/h3-7,16H,8-11H2,1-2H3. The van der Waals surface area contributed by atoms with Crippen molar-refractivity contribution >= 4 is 11.3 Å². The van der Waals surface area contributed by atoms with Crippen LogP contribution in [0.1, 0.15) is 10.6 Å². The maximum Gasteiger partial charge on any atom is 0.124 e. The highest BCUT2D eigenvalue weighted by molar-refractivity contribution is 7.15. The Balaban J connectivity index is 2.11. The van der Waals surface area contributed by atoms with Gasteiger partial charge in [-0.2, -0.15) is 0 Å². The number of rotatable bonds is 8. The van der Waals surface area contributed by atoms with Crippen LogP contribution in [0.15, 0.2) is 30.3 Å². The van der Waals surface area contributed by atoms with Gasteiger partial charge >= 0.3 is 0 Å². The number of hydrogen-bond donors (Lipinski definition) is 1. The van der Waals surface area contributed by atoms with Crippen LogP contribution in [-0.4, -0.2) is 32.4 Å². The molecular formula is C15H20N2O2S. The summed E-state index contributed by atoms with van der Waals surface area (Å²) in [6, 6.07) is 10.2. The molecular weight excluding hydrogens is 272 g/mol. The first-order valence-electron chi connectivity index (χ1n) is 6.57. The molecule has 0 aliphatic rings. The van der Waals surface area contributed by atoms with Crippen LogP contribution >= 0.6 is 11.3 Å². The van der Waals surface area contributed by atoms with Crippen molar-refractivity contribution in [3.05, 3.63) is 40.9 Å². The number of nitrogens with zero attached hydrogens (tertiary/aromatic N) is 1. The summed E-state index contributed by atoms with van der Waals surface area (Å²) in [6.07, 6.45) is 0. The van der Waals surface area contributed by atoms with Gasteiger partial charge in [0, 0.05) is 37.7 Å². The van der Waals surface area contributed by atoms with Crippen molar-refractivity contribution in [3.63, 3.8) is 0 Å². The molecule has 0 aliphatic carbocycles. The second-order valence-electron chi connectivity index (χ2n) is 4.36. The lowest BCUT2D eigenvalue weighted by Crippen LogP contribution is -2.18. The SMILES string of the molecule is COCCNCc1sc(-c2ccccc2)nc1COC. The quantitative estimate of drug-likeness (QED) is 0.760. The topological polar surface area (TPSA) is 43.4 Å². The summed E-state index contributed by atoms with van der Waals surface area (Å²) in [4.78, 5) is 5.92. The van der Waals surface area contributed by atoms with Crippen molar-refractivity contribution in [2.75, 3.05) is 27.4 Å². The van der Waals surface area contributed by atoms with E-state index in [1.807, 2.05) is 18.2 Å². The van der Waals surface area contributed by atoms with Crippen LogP contribution in [0.25, 0.3) is 10.6 Å². The zero-order valence-electron chi connectivity index (χ0n) is 11.9. The second-order valence-corrected chi connectivity index (χ2v) is 5.44. The second kappa shape index (κ2) is 8.11. The Labute approximate surface area is 123 Å². The number of aromatic nitrogens is 1. The van der Waals surface area contributed by atoms with Crippen LogP contribution in [0.5, 0.6) is 0 Å². The molecule has 1 N–H and O–H groups in total. The van der Waals surface area contributed by atoms with Crippen LogP contribution in [-0.2, 0) is 22.6 Å². The number of ether oxygens (including phenoxy) is 2. The highest BCUT2D eigenvalue weighted by Gasteiger charge is 2.11. The van der Waals surface area contributed by atoms with Gasteiger partial charge in [0.1, 0.15) is 5.01 Å². The van der Waals surface area contributed by atoms with Gasteiger partial charge in [0.25, 0.3) is 0 Å². The van der Waals surface area contributed by atoms with Gasteiger partial charge < -0.3 is 14.8 Å². The van der Waals surface area contributed by atoms with Crippen LogP contribution in [0, 0.1) is 0 Å². The summed E-state index contributed by atoms with van der Waals surface area (Å²) in [6.45, 7) is 2.89. The average molecular weight is 292 g/mol. The first-order chi connectivity index (χ1) is 9.85. The highest BCUT2D eigenvalue weighted by Crippen LogP contribution is 2.28. The Morgan fingerprint density at radius 1 is 1.15 bits per heavy atom.